The number of carbonyl (C=O) groups excluding carboxylic acids is 1. The van der Waals surface area contributed by atoms with Gasteiger partial charge in [0.25, 0.3) is 0 Å². The van der Waals surface area contributed by atoms with Crippen molar-refractivity contribution in [3.63, 3.8) is 0 Å². The third kappa shape index (κ3) is 5.24. The molecule has 0 radical (unpaired) electrons. The monoisotopic (exact) mass is 390 g/mol. The Morgan fingerprint density at radius 2 is 1.59 bits per heavy atom. The van der Waals surface area contributed by atoms with E-state index in [0.29, 0.717) is 12.8 Å². The molecule has 0 saturated carbocycles. The van der Waals surface area contributed by atoms with E-state index in [9.17, 15) is 4.79 Å². The third-order valence-corrected chi connectivity index (χ3v) is 4.83. The Morgan fingerprint density at radius 3 is 2.14 bits per heavy atom. The molecule has 0 aliphatic carbocycles. The molecule has 0 amide bonds. The van der Waals surface area contributed by atoms with Crippen LogP contribution in [-0.2, 0) is 16.0 Å². The molecule has 3 heteroatoms. The highest BCUT2D eigenvalue weighted by atomic mass is 16.5. The molecule has 2 aromatic carbocycles. The van der Waals surface area contributed by atoms with Crippen molar-refractivity contribution < 1.29 is 13.9 Å². The second-order valence-electron chi connectivity index (χ2n) is 8.47. The second kappa shape index (κ2) is 8.79. The van der Waals surface area contributed by atoms with Gasteiger partial charge in [-0.05, 0) is 46.6 Å². The van der Waals surface area contributed by atoms with Gasteiger partial charge in [-0.2, -0.15) is 0 Å². The van der Waals surface area contributed by atoms with Gasteiger partial charge in [-0.3, -0.25) is 0 Å². The molecule has 3 rings (SSSR count). The first kappa shape index (κ1) is 21.1. The van der Waals surface area contributed by atoms with E-state index in [2.05, 4.69) is 32.9 Å². The van der Waals surface area contributed by atoms with Crippen molar-refractivity contribution in [2.45, 2.75) is 59.2 Å². The van der Waals surface area contributed by atoms with Gasteiger partial charge in [0.15, 0.2) is 0 Å². The molecular weight excluding hydrogens is 360 g/mol. The Morgan fingerprint density at radius 1 is 1.00 bits per heavy atom. The molecule has 0 aliphatic heterocycles. The molecule has 3 nitrogen and oxygen atoms in total. The molecule has 1 unspecified atom stereocenters. The highest BCUT2D eigenvalue weighted by molar-refractivity contribution is 5.76. The molecule has 0 aliphatic rings. The normalized spacial score (nSPS) is 12.7. The fourth-order valence-electron chi connectivity index (χ4n) is 3.59. The first-order valence-electron chi connectivity index (χ1n) is 10.2. The average molecular weight is 391 g/mol. The summed E-state index contributed by atoms with van der Waals surface area (Å²) in [6.07, 6.45) is 0.839. The first-order chi connectivity index (χ1) is 13.8. The SMILES string of the molecule is CC(=O)CCc1c(-c2ccccc2)oc(C)c1C(OC(C)(C)C)c1ccccc1. The first-order valence-corrected chi connectivity index (χ1v) is 10.2. The van der Waals surface area contributed by atoms with Crippen LogP contribution in [0.5, 0.6) is 0 Å². The number of hydrogen-bond acceptors (Lipinski definition) is 3. The van der Waals surface area contributed by atoms with Gasteiger partial charge in [0.1, 0.15) is 23.4 Å². The lowest BCUT2D eigenvalue weighted by molar-refractivity contribution is -0.117. The summed E-state index contributed by atoms with van der Waals surface area (Å²) in [6.45, 7) is 9.80. The minimum absolute atomic E-state index is 0.168. The quantitative estimate of drug-likeness (QED) is 0.451. The van der Waals surface area contributed by atoms with Gasteiger partial charge in [-0.15, -0.1) is 0 Å². The molecule has 1 atom stereocenters. The van der Waals surface area contributed by atoms with E-state index in [4.69, 9.17) is 9.15 Å². The number of aryl methyl sites for hydroxylation is 1. The summed E-state index contributed by atoms with van der Waals surface area (Å²) >= 11 is 0. The van der Waals surface area contributed by atoms with E-state index in [1.165, 1.54) is 0 Å². The molecule has 0 spiro atoms. The lowest BCUT2D eigenvalue weighted by atomic mass is 9.92. The number of rotatable bonds is 7. The molecule has 29 heavy (non-hydrogen) atoms. The smallest absolute Gasteiger partial charge is 0.137 e. The fourth-order valence-corrected chi connectivity index (χ4v) is 3.59. The van der Waals surface area contributed by atoms with Crippen LogP contribution in [0.1, 0.15) is 62.7 Å². The number of ether oxygens (including phenoxy) is 1. The number of hydrogen-bond donors (Lipinski definition) is 0. The van der Waals surface area contributed by atoms with Gasteiger partial charge >= 0.3 is 0 Å². The van der Waals surface area contributed by atoms with Crippen LogP contribution < -0.4 is 0 Å². The van der Waals surface area contributed by atoms with E-state index in [0.717, 1.165) is 33.8 Å². The van der Waals surface area contributed by atoms with Crippen molar-refractivity contribution in [2.75, 3.05) is 0 Å². The van der Waals surface area contributed by atoms with Gasteiger partial charge in [-0.1, -0.05) is 60.7 Å². The highest BCUT2D eigenvalue weighted by Crippen LogP contribution is 2.41. The molecular formula is C26H30O3. The van der Waals surface area contributed by atoms with Gasteiger partial charge in [0, 0.05) is 23.1 Å². The zero-order chi connectivity index (χ0) is 21.0. The van der Waals surface area contributed by atoms with E-state index >= 15 is 0 Å². The lowest BCUT2D eigenvalue weighted by Crippen LogP contribution is -2.24. The Balaban J connectivity index is 2.19. The molecule has 152 valence electrons. The van der Waals surface area contributed by atoms with E-state index in [1.54, 1.807) is 6.92 Å². The predicted octanol–water partition coefficient (Wildman–Crippen LogP) is 6.68. The van der Waals surface area contributed by atoms with Crippen molar-refractivity contribution in [1.82, 2.24) is 0 Å². The van der Waals surface area contributed by atoms with Crippen LogP contribution in [0.3, 0.4) is 0 Å². The summed E-state index contributed by atoms with van der Waals surface area (Å²) in [6, 6.07) is 20.3. The van der Waals surface area contributed by atoms with Crippen LogP contribution in [0, 0.1) is 6.92 Å². The zero-order valence-corrected chi connectivity index (χ0v) is 18.0. The van der Waals surface area contributed by atoms with Crippen LogP contribution in [-0.4, -0.2) is 11.4 Å². The maximum atomic E-state index is 11.8. The maximum Gasteiger partial charge on any atom is 0.137 e. The van der Waals surface area contributed by atoms with Crippen molar-refractivity contribution in [3.05, 3.63) is 83.1 Å². The zero-order valence-electron chi connectivity index (χ0n) is 18.0. The van der Waals surface area contributed by atoms with Gasteiger partial charge < -0.3 is 13.9 Å². The number of ketones is 1. The summed E-state index contributed by atoms with van der Waals surface area (Å²) < 4.78 is 12.8. The maximum absolute atomic E-state index is 11.8. The Bertz CT molecular complexity index is 947. The Labute approximate surface area is 173 Å². The predicted molar refractivity (Wildman–Crippen MR) is 117 cm³/mol. The van der Waals surface area contributed by atoms with Gasteiger partial charge in [0.2, 0.25) is 0 Å². The van der Waals surface area contributed by atoms with Crippen LogP contribution >= 0.6 is 0 Å². The van der Waals surface area contributed by atoms with Crippen molar-refractivity contribution >= 4 is 5.78 Å². The minimum Gasteiger partial charge on any atom is -0.461 e. The summed E-state index contributed by atoms with van der Waals surface area (Å²) in [5, 5.41) is 0. The van der Waals surface area contributed by atoms with E-state index in [-0.39, 0.29) is 17.5 Å². The Hall–Kier alpha value is -2.65. The molecule has 1 heterocycles. The largest absolute Gasteiger partial charge is 0.461 e. The van der Waals surface area contributed by atoms with Crippen molar-refractivity contribution in [3.8, 4) is 11.3 Å². The second-order valence-corrected chi connectivity index (χ2v) is 8.47. The Kier molecular flexibility index (Phi) is 6.39. The molecule has 0 N–H and O–H groups in total. The molecule has 0 saturated heterocycles. The van der Waals surface area contributed by atoms with Gasteiger partial charge in [-0.25, -0.2) is 0 Å². The minimum atomic E-state index is -0.338. The lowest BCUT2D eigenvalue weighted by Gasteiger charge is -2.29. The number of carbonyl (C=O) groups is 1. The average Bonchev–Trinajstić information content (AvgIpc) is 3.01. The highest BCUT2D eigenvalue weighted by Gasteiger charge is 2.30. The fraction of sp³-hybridized carbons (Fsp3) is 0.346. The molecule has 3 aromatic rings. The van der Waals surface area contributed by atoms with E-state index in [1.807, 2.05) is 55.5 Å². The van der Waals surface area contributed by atoms with Gasteiger partial charge in [0.05, 0.1) is 5.60 Å². The van der Waals surface area contributed by atoms with E-state index < -0.39 is 0 Å². The topological polar surface area (TPSA) is 39.4 Å². The molecule has 0 bridgehead atoms. The summed E-state index contributed by atoms with van der Waals surface area (Å²) in [5.74, 6) is 1.83. The third-order valence-electron chi connectivity index (χ3n) is 4.83. The summed E-state index contributed by atoms with van der Waals surface area (Å²) in [5.41, 5.74) is 3.85. The summed E-state index contributed by atoms with van der Waals surface area (Å²) in [4.78, 5) is 11.8. The van der Waals surface area contributed by atoms with Crippen LogP contribution in [0.2, 0.25) is 0 Å². The molecule has 0 fully saturated rings. The number of Topliss-reactive ketones (excluding diaryl/α,β-unsaturated/α-hetero) is 1. The number of furan rings is 1. The summed E-state index contributed by atoms with van der Waals surface area (Å²) in [7, 11) is 0. The van der Waals surface area contributed by atoms with Crippen LogP contribution in [0.4, 0.5) is 0 Å². The van der Waals surface area contributed by atoms with Crippen molar-refractivity contribution in [2.24, 2.45) is 0 Å². The van der Waals surface area contributed by atoms with Crippen molar-refractivity contribution in [1.29, 1.82) is 0 Å². The molecule has 1 aromatic heterocycles. The van der Waals surface area contributed by atoms with Crippen LogP contribution in [0.15, 0.2) is 65.1 Å². The van der Waals surface area contributed by atoms with Crippen LogP contribution in [0.25, 0.3) is 11.3 Å². The standard InChI is InChI=1S/C26H30O3/c1-18(27)16-17-22-23(19(2)28-24(22)20-12-8-6-9-13-20)25(29-26(3,4)5)21-14-10-7-11-15-21/h6-15,25H,16-17H2,1-5H3. The number of benzene rings is 2.